The van der Waals surface area contributed by atoms with E-state index in [9.17, 15) is 0 Å². The molecule has 0 radical (unpaired) electrons. The molecule has 41 heavy (non-hydrogen) atoms. The molecule has 0 spiro atoms. The normalized spacial score (nSPS) is 16.3. The Kier molecular flexibility index (Phi) is 19.4. The molecule has 2 unspecified atom stereocenters. The molecule has 2 aromatic carbocycles. The van der Waals surface area contributed by atoms with Crippen LogP contribution in [-0.4, -0.2) is 19.8 Å². The number of rotatable bonds is 9. The summed E-state index contributed by atoms with van der Waals surface area (Å²) >= 11 is 0. The van der Waals surface area contributed by atoms with Gasteiger partial charge in [0, 0.05) is 13.3 Å². The smallest absolute Gasteiger partial charge is 0.0576 e. The minimum absolute atomic E-state index is 0.564. The van der Waals surface area contributed by atoms with Crippen LogP contribution in [0.25, 0.3) is 5.57 Å². The summed E-state index contributed by atoms with van der Waals surface area (Å²) in [7, 11) is 1.94. The lowest BCUT2D eigenvalue weighted by molar-refractivity contribution is 0.468. The minimum Gasteiger partial charge on any atom is -0.394 e. The van der Waals surface area contributed by atoms with Gasteiger partial charge in [0.05, 0.1) is 6.54 Å². The quantitative estimate of drug-likeness (QED) is 0.307. The van der Waals surface area contributed by atoms with Crippen LogP contribution in [0.1, 0.15) is 96.8 Å². The summed E-state index contributed by atoms with van der Waals surface area (Å²) in [4.78, 5) is 3.95. The predicted octanol–water partition coefficient (Wildman–Crippen LogP) is 10.9. The maximum atomic E-state index is 3.95. The van der Waals surface area contributed by atoms with Crippen molar-refractivity contribution < 1.29 is 0 Å². The molecule has 0 bridgehead atoms. The molecule has 1 aliphatic heterocycles. The van der Waals surface area contributed by atoms with Gasteiger partial charge in [-0.25, -0.2) is 0 Å². The maximum absolute atomic E-state index is 3.95. The van der Waals surface area contributed by atoms with Gasteiger partial charge in [-0.05, 0) is 85.1 Å². The summed E-state index contributed by atoms with van der Waals surface area (Å²) in [6.45, 7) is 15.9. The summed E-state index contributed by atoms with van der Waals surface area (Å²) in [6, 6.07) is 19.6. The van der Waals surface area contributed by atoms with Gasteiger partial charge in [0.15, 0.2) is 0 Å². The zero-order valence-electron chi connectivity index (χ0n) is 27.2. The van der Waals surface area contributed by atoms with Crippen LogP contribution in [0.5, 0.6) is 0 Å². The average molecular weight is 553 g/mol. The van der Waals surface area contributed by atoms with E-state index >= 15 is 0 Å². The molecule has 2 nitrogen and oxygen atoms in total. The number of hydrogen-bond donors (Lipinski definition) is 1. The van der Waals surface area contributed by atoms with Gasteiger partial charge in [-0.2, -0.15) is 0 Å². The number of aliphatic imine (C=N–C) groups is 1. The third-order valence-electron chi connectivity index (χ3n) is 7.24. The Hall–Kier alpha value is -3.39. The number of allylic oxidation sites excluding steroid dienone is 8. The van der Waals surface area contributed by atoms with Gasteiger partial charge in [0.2, 0.25) is 0 Å². The first-order valence-corrected chi connectivity index (χ1v) is 15.7. The number of unbranched alkanes of at least 4 members (excludes halogenated alkanes) is 1. The zero-order chi connectivity index (χ0) is 30.3. The molecular weight excluding hydrogens is 496 g/mol. The Labute approximate surface area is 252 Å². The van der Waals surface area contributed by atoms with Crippen LogP contribution in [0.4, 0.5) is 0 Å². The highest BCUT2D eigenvalue weighted by Crippen LogP contribution is 2.38. The number of nitrogens with zero attached hydrogens (tertiary/aromatic N) is 1. The Balaban J connectivity index is 0.000000587. The van der Waals surface area contributed by atoms with Gasteiger partial charge in [-0.1, -0.05) is 138 Å². The second-order valence-electron chi connectivity index (χ2n) is 10.2. The molecule has 0 saturated heterocycles. The van der Waals surface area contributed by atoms with Gasteiger partial charge in [-0.15, -0.1) is 0 Å². The third kappa shape index (κ3) is 13.2. The van der Waals surface area contributed by atoms with E-state index < -0.39 is 0 Å². The van der Waals surface area contributed by atoms with Crippen LogP contribution >= 0.6 is 0 Å². The van der Waals surface area contributed by atoms with Gasteiger partial charge in [0.1, 0.15) is 0 Å². The fourth-order valence-electron chi connectivity index (χ4n) is 4.79. The van der Waals surface area contributed by atoms with Gasteiger partial charge in [0.25, 0.3) is 0 Å². The molecule has 1 heterocycles. The molecular formula is C39H56N2. The van der Waals surface area contributed by atoms with E-state index in [1.54, 1.807) is 0 Å². The van der Waals surface area contributed by atoms with Crippen molar-refractivity contribution in [3.05, 3.63) is 125 Å². The molecule has 2 atom stereocenters. The molecule has 2 aromatic rings. The first kappa shape index (κ1) is 35.6. The number of nitrogens with one attached hydrogen (secondary N) is 1. The Morgan fingerprint density at radius 1 is 0.976 bits per heavy atom. The molecule has 0 fully saturated rings. The lowest BCUT2D eigenvalue weighted by atomic mass is 9.75. The molecule has 0 amide bonds. The highest BCUT2D eigenvalue weighted by Gasteiger charge is 2.24. The van der Waals surface area contributed by atoms with E-state index in [0.717, 1.165) is 25.8 Å². The van der Waals surface area contributed by atoms with Gasteiger partial charge < -0.3 is 5.32 Å². The van der Waals surface area contributed by atoms with Crippen molar-refractivity contribution in [3.63, 3.8) is 0 Å². The Bertz CT molecular complexity index is 1140. The molecule has 2 aliphatic rings. The van der Waals surface area contributed by atoms with Crippen LogP contribution in [0.3, 0.4) is 0 Å². The van der Waals surface area contributed by atoms with E-state index in [4.69, 9.17) is 0 Å². The molecule has 4 rings (SSSR count). The highest BCUT2D eigenvalue weighted by atomic mass is 14.8. The summed E-state index contributed by atoms with van der Waals surface area (Å²) < 4.78 is 0. The molecule has 1 aliphatic carbocycles. The van der Waals surface area contributed by atoms with Gasteiger partial charge >= 0.3 is 0 Å². The summed E-state index contributed by atoms with van der Waals surface area (Å²) in [5.74, 6) is 1.17. The molecule has 0 saturated carbocycles. The van der Waals surface area contributed by atoms with Crippen LogP contribution < -0.4 is 5.32 Å². The molecule has 222 valence electrons. The molecule has 1 N–H and O–H groups in total. The van der Waals surface area contributed by atoms with E-state index in [1.165, 1.54) is 46.3 Å². The molecule has 0 aromatic heterocycles. The maximum Gasteiger partial charge on any atom is 0.0576 e. The second-order valence-corrected chi connectivity index (χ2v) is 10.2. The van der Waals surface area contributed by atoms with Crippen LogP contribution in [0, 0.1) is 5.92 Å². The highest BCUT2D eigenvalue weighted by molar-refractivity contribution is 5.79. The zero-order valence-corrected chi connectivity index (χ0v) is 27.2. The lowest BCUT2D eigenvalue weighted by Crippen LogP contribution is -2.16. The van der Waals surface area contributed by atoms with E-state index in [1.807, 2.05) is 33.3 Å². The topological polar surface area (TPSA) is 24.4 Å². The van der Waals surface area contributed by atoms with E-state index in [0.29, 0.717) is 11.8 Å². The standard InChI is InChI=1S/C28H33N.C5H7N.C4H10.C2H6/c1-4-26(27-16-10-8-12-22(27)2)28-17-11-9-15-25(28)19-18-24(20-21-29-3)23-13-6-5-7-14-23;1-5-2-3-6-4-5;1-3-4-2;1-2/h5-15,17-18,20-21,26-27,29H,4,16,19H2,1-3H3;2,4H,3H2,1H3;3-4H2,1-2H3;1-2H3/b21-20-,24-18+;;;. The van der Waals surface area contributed by atoms with Crippen LogP contribution in [-0.2, 0) is 6.42 Å². The predicted molar refractivity (Wildman–Crippen MR) is 186 cm³/mol. The van der Waals surface area contributed by atoms with Crippen LogP contribution in [0.2, 0.25) is 0 Å². The Morgan fingerprint density at radius 2 is 1.66 bits per heavy atom. The summed E-state index contributed by atoms with van der Waals surface area (Å²) in [5.41, 5.74) is 8.23. The fraction of sp³-hybridized carbons (Fsp3) is 0.410. The van der Waals surface area contributed by atoms with E-state index in [-0.39, 0.29) is 0 Å². The Morgan fingerprint density at radius 3 is 2.20 bits per heavy atom. The molecule has 2 heteroatoms. The SMILES string of the molecule is CC.CC1=CCN=C1.CCC(c1ccccc1C/C=C(\C=C/NC)c1ccccc1)C1CC=CC=C1C.CCCC. The van der Waals surface area contributed by atoms with Crippen molar-refractivity contribution in [1.82, 2.24) is 5.32 Å². The minimum atomic E-state index is 0.564. The van der Waals surface area contributed by atoms with Crippen LogP contribution in [0.15, 0.2) is 113 Å². The van der Waals surface area contributed by atoms with Crippen molar-refractivity contribution in [2.45, 2.75) is 86.5 Å². The average Bonchev–Trinajstić information content (AvgIpc) is 3.52. The van der Waals surface area contributed by atoms with Gasteiger partial charge in [-0.3, -0.25) is 4.99 Å². The summed E-state index contributed by atoms with van der Waals surface area (Å²) in [6.07, 6.45) is 23.2. The van der Waals surface area contributed by atoms with Crippen molar-refractivity contribution in [3.8, 4) is 0 Å². The van der Waals surface area contributed by atoms with E-state index in [2.05, 4.69) is 136 Å². The summed E-state index contributed by atoms with van der Waals surface area (Å²) in [5, 5.41) is 3.12. The fourth-order valence-corrected chi connectivity index (χ4v) is 4.79. The number of benzene rings is 2. The monoisotopic (exact) mass is 552 g/mol. The number of hydrogen-bond acceptors (Lipinski definition) is 2. The van der Waals surface area contributed by atoms with Crippen molar-refractivity contribution >= 4 is 11.8 Å². The largest absolute Gasteiger partial charge is 0.394 e. The first-order valence-electron chi connectivity index (χ1n) is 15.7. The first-order chi connectivity index (χ1) is 20.0. The van der Waals surface area contributed by atoms with Crippen molar-refractivity contribution in [2.75, 3.05) is 13.6 Å². The van der Waals surface area contributed by atoms with Crippen molar-refractivity contribution in [1.29, 1.82) is 0 Å². The lowest BCUT2D eigenvalue weighted by Gasteiger charge is -2.30. The second kappa shape index (κ2) is 22.3. The third-order valence-corrected chi connectivity index (χ3v) is 7.24. The van der Waals surface area contributed by atoms with Crippen molar-refractivity contribution in [2.24, 2.45) is 10.9 Å².